The molecule has 0 aromatic carbocycles. The van der Waals surface area contributed by atoms with Gasteiger partial charge in [0.05, 0.1) is 34.4 Å². The molecule has 0 aliphatic rings. The lowest BCUT2D eigenvalue weighted by Crippen LogP contribution is -2.40. The van der Waals surface area contributed by atoms with Crippen molar-refractivity contribution in [1.29, 1.82) is 0 Å². The van der Waals surface area contributed by atoms with E-state index < -0.39 is 18.4 Å². The lowest BCUT2D eigenvalue weighted by Gasteiger charge is -2.25. The van der Waals surface area contributed by atoms with Crippen LogP contribution in [0.5, 0.6) is 0 Å². The van der Waals surface area contributed by atoms with Crippen LogP contribution in [0.3, 0.4) is 0 Å². The van der Waals surface area contributed by atoms with Gasteiger partial charge < -0.3 is 28.5 Å². The van der Waals surface area contributed by atoms with Crippen LogP contribution in [0.2, 0.25) is 0 Å². The second-order valence-corrected chi connectivity index (χ2v) is 27.3. The van der Waals surface area contributed by atoms with Gasteiger partial charge in [-0.3, -0.25) is 9.59 Å². The van der Waals surface area contributed by atoms with E-state index >= 15 is 0 Å². The van der Waals surface area contributed by atoms with E-state index in [1.54, 1.807) is 0 Å². The molecule has 2 unspecified atom stereocenters. The van der Waals surface area contributed by atoms with E-state index in [2.05, 4.69) is 38.2 Å². The van der Waals surface area contributed by atoms with Gasteiger partial charge in [-0.05, 0) is 44.9 Å². The fourth-order valence-electron chi connectivity index (χ4n) is 11.6. The van der Waals surface area contributed by atoms with Gasteiger partial charge in [-0.15, -0.1) is 0 Å². The van der Waals surface area contributed by atoms with Crippen LogP contribution in [0.1, 0.15) is 393 Å². The largest absolute Gasteiger partial charge is 0.477 e. The van der Waals surface area contributed by atoms with Gasteiger partial charge in [-0.1, -0.05) is 359 Å². The van der Waals surface area contributed by atoms with E-state index in [0.717, 1.165) is 44.9 Å². The summed E-state index contributed by atoms with van der Waals surface area (Å²) in [6.45, 7) is 4.95. The van der Waals surface area contributed by atoms with Crippen LogP contribution in [-0.4, -0.2) is 87.4 Å². The summed E-state index contributed by atoms with van der Waals surface area (Å²) >= 11 is 0. The molecule has 0 aromatic heterocycles. The molecule has 0 aliphatic carbocycles. The summed E-state index contributed by atoms with van der Waals surface area (Å²) in [6, 6.07) is 0. The molecule has 0 radical (unpaired) electrons. The number of carboxylic acids is 1. The maximum atomic E-state index is 13.0. The second kappa shape index (κ2) is 68.7. The number of carboxylic acid groups (broad SMARTS) is 1. The minimum absolute atomic E-state index is 0.174. The van der Waals surface area contributed by atoms with E-state index in [4.69, 9.17) is 18.9 Å². The zero-order valence-corrected chi connectivity index (χ0v) is 58.3. The van der Waals surface area contributed by atoms with E-state index in [-0.39, 0.29) is 38.2 Å². The summed E-state index contributed by atoms with van der Waals surface area (Å²) in [5.74, 6) is -1.97. The smallest absolute Gasteiger partial charge is 0.361 e. The van der Waals surface area contributed by atoms with Gasteiger partial charge in [-0.25, -0.2) is 4.79 Å². The summed E-state index contributed by atoms with van der Waals surface area (Å²) in [5, 5.41) is 9.76. The van der Waals surface area contributed by atoms with Crippen molar-refractivity contribution in [2.75, 3.05) is 47.5 Å². The van der Waals surface area contributed by atoms with Crippen molar-refractivity contribution in [3.8, 4) is 0 Å². The lowest BCUT2D eigenvalue weighted by atomic mass is 10.0. The van der Waals surface area contributed by atoms with Gasteiger partial charge in [0.2, 0.25) is 0 Å². The maximum Gasteiger partial charge on any atom is 0.361 e. The monoisotopic (exact) mass is 1220 g/mol. The highest BCUT2D eigenvalue weighted by molar-refractivity contribution is 5.71. The third-order valence-electron chi connectivity index (χ3n) is 17.5. The normalized spacial score (nSPS) is 12.7. The molecular weight excluding hydrogens is 1070 g/mol. The standard InChI is InChI=1S/C77H147NO8/c1-6-8-10-12-14-16-18-20-22-24-26-28-30-32-34-35-36-37-38-39-40-41-42-44-46-48-50-52-54-56-58-60-62-64-66-68-75(80)86-73(72-85-77(76(81)82)83-70-69-78(3,4)5)71-84-74(79)67-65-63-61-59-57-55-53-51-49-47-45-43-33-31-29-27-25-23-21-19-17-15-13-11-9-7-2/h18,20,24,26,73,77H,6-17,19,21-23,25,27-72H2,1-5H3/p+1/b20-18-,26-24-. The molecule has 0 fully saturated rings. The highest BCUT2D eigenvalue weighted by Gasteiger charge is 2.25. The molecule has 0 aliphatic heterocycles. The van der Waals surface area contributed by atoms with Crippen LogP contribution in [0.15, 0.2) is 24.3 Å². The molecule has 0 saturated carbocycles. The first-order valence-electron chi connectivity index (χ1n) is 38.0. The first-order valence-corrected chi connectivity index (χ1v) is 38.0. The van der Waals surface area contributed by atoms with Gasteiger partial charge in [0.25, 0.3) is 6.29 Å². The Hall–Kier alpha value is -2.23. The quantitative estimate of drug-likeness (QED) is 0.0211. The molecule has 86 heavy (non-hydrogen) atoms. The average molecular weight is 1220 g/mol. The van der Waals surface area contributed by atoms with Crippen molar-refractivity contribution >= 4 is 17.9 Å². The van der Waals surface area contributed by atoms with Crippen LogP contribution >= 0.6 is 0 Å². The number of hydrogen-bond acceptors (Lipinski definition) is 7. The number of ether oxygens (including phenoxy) is 4. The molecule has 0 heterocycles. The molecule has 0 bridgehead atoms. The van der Waals surface area contributed by atoms with Gasteiger partial charge in [0.1, 0.15) is 13.2 Å². The van der Waals surface area contributed by atoms with Crippen LogP contribution in [-0.2, 0) is 33.3 Å². The number of allylic oxidation sites excluding steroid dienone is 4. The van der Waals surface area contributed by atoms with E-state index in [9.17, 15) is 19.5 Å². The van der Waals surface area contributed by atoms with Gasteiger partial charge in [0.15, 0.2) is 6.10 Å². The molecule has 508 valence electrons. The highest BCUT2D eigenvalue weighted by atomic mass is 16.7. The molecule has 0 amide bonds. The number of nitrogens with zero attached hydrogens (tertiary/aromatic N) is 1. The lowest BCUT2D eigenvalue weighted by molar-refractivity contribution is -0.870. The molecule has 0 spiro atoms. The van der Waals surface area contributed by atoms with Gasteiger partial charge in [-0.2, -0.15) is 0 Å². The van der Waals surface area contributed by atoms with Crippen molar-refractivity contribution in [2.24, 2.45) is 0 Å². The molecule has 0 saturated heterocycles. The predicted molar refractivity (Wildman–Crippen MR) is 369 cm³/mol. The number of rotatable bonds is 72. The summed E-state index contributed by atoms with van der Waals surface area (Å²) in [7, 11) is 6.00. The van der Waals surface area contributed by atoms with Crippen molar-refractivity contribution < 1.29 is 42.9 Å². The summed E-state index contributed by atoms with van der Waals surface area (Å²) < 4.78 is 23.0. The zero-order valence-electron chi connectivity index (χ0n) is 58.3. The second-order valence-electron chi connectivity index (χ2n) is 27.3. The molecule has 9 heteroatoms. The van der Waals surface area contributed by atoms with Crippen molar-refractivity contribution in [1.82, 2.24) is 0 Å². The molecule has 1 N–H and O–H groups in total. The van der Waals surface area contributed by atoms with E-state index in [1.807, 2.05) is 21.1 Å². The first-order chi connectivity index (χ1) is 42.1. The minimum atomic E-state index is -1.51. The van der Waals surface area contributed by atoms with Crippen LogP contribution in [0, 0.1) is 0 Å². The number of hydrogen-bond donors (Lipinski definition) is 1. The van der Waals surface area contributed by atoms with Crippen molar-refractivity contribution in [3.63, 3.8) is 0 Å². The van der Waals surface area contributed by atoms with Crippen LogP contribution < -0.4 is 0 Å². The number of unbranched alkanes of at least 4 members (excludes halogenated alkanes) is 53. The Bertz CT molecular complexity index is 1460. The highest BCUT2D eigenvalue weighted by Crippen LogP contribution is 2.20. The van der Waals surface area contributed by atoms with Crippen LogP contribution in [0.4, 0.5) is 0 Å². The summed E-state index contributed by atoms with van der Waals surface area (Å²) in [6.07, 6.45) is 83.2. The number of carbonyl (C=O) groups is 3. The van der Waals surface area contributed by atoms with Crippen molar-refractivity contribution in [3.05, 3.63) is 24.3 Å². The summed E-state index contributed by atoms with van der Waals surface area (Å²) in [4.78, 5) is 37.7. The van der Waals surface area contributed by atoms with Gasteiger partial charge >= 0.3 is 17.9 Å². The number of likely N-dealkylation sites (N-methyl/N-ethyl adjacent to an activating group) is 1. The summed E-state index contributed by atoms with van der Waals surface area (Å²) in [5.41, 5.74) is 0. The SMILES string of the molecule is CCCCCCC/C=C\C/C=C\CCCCCCCCCCCCCCCCCCCCCCCCCC(=O)OC(COC(=O)CCCCCCCCCCCCCCCCCCCCCCCCCCCC)COC(OCC[N+](C)(C)C)C(=O)O. The third-order valence-corrected chi connectivity index (χ3v) is 17.5. The Labute approximate surface area is 535 Å². The first kappa shape index (κ1) is 83.8. The molecular formula is C77H148NO8+. The van der Waals surface area contributed by atoms with Crippen molar-refractivity contribution in [2.45, 2.75) is 405 Å². The third kappa shape index (κ3) is 69.2. The Kier molecular flexibility index (Phi) is 66.9. The zero-order chi connectivity index (χ0) is 62.6. The number of esters is 2. The topological polar surface area (TPSA) is 108 Å². The average Bonchev–Trinajstić information content (AvgIpc) is 3.64. The minimum Gasteiger partial charge on any atom is -0.477 e. The molecule has 9 nitrogen and oxygen atoms in total. The fourth-order valence-corrected chi connectivity index (χ4v) is 11.6. The predicted octanol–water partition coefficient (Wildman–Crippen LogP) is 23.8. The van der Waals surface area contributed by atoms with E-state index in [1.165, 1.54) is 321 Å². The van der Waals surface area contributed by atoms with Crippen LogP contribution in [0.25, 0.3) is 0 Å². The fraction of sp³-hybridized carbons (Fsp3) is 0.909. The van der Waals surface area contributed by atoms with E-state index in [0.29, 0.717) is 17.4 Å². The Balaban J connectivity index is 3.99. The number of carbonyl (C=O) groups excluding carboxylic acids is 2. The Morgan fingerprint density at radius 3 is 0.919 bits per heavy atom. The maximum absolute atomic E-state index is 13.0. The molecule has 0 rings (SSSR count). The molecule has 0 aromatic rings. The number of quaternary nitrogens is 1. The Morgan fingerprint density at radius 1 is 0.349 bits per heavy atom. The number of aliphatic carboxylic acids is 1. The Morgan fingerprint density at radius 2 is 0.628 bits per heavy atom. The molecule has 2 atom stereocenters. The van der Waals surface area contributed by atoms with Gasteiger partial charge in [0, 0.05) is 12.8 Å².